The van der Waals surface area contributed by atoms with E-state index in [9.17, 15) is 18.0 Å². The molecule has 0 aliphatic carbocycles. The van der Waals surface area contributed by atoms with Gasteiger partial charge < -0.3 is 21.1 Å². The van der Waals surface area contributed by atoms with Gasteiger partial charge in [-0.05, 0) is 13.0 Å². The van der Waals surface area contributed by atoms with E-state index in [1.807, 2.05) is 0 Å². The molecule has 0 radical (unpaired) electrons. The third-order valence-corrected chi connectivity index (χ3v) is 4.56. The molecule has 8 nitrogen and oxygen atoms in total. The van der Waals surface area contributed by atoms with Crippen LogP contribution in [0.3, 0.4) is 0 Å². The Bertz CT molecular complexity index is 436. The first-order valence-corrected chi connectivity index (χ1v) is 7.84. The number of hydrogen-bond acceptors (Lipinski definition) is 5. The topological polar surface area (TPSA) is 130 Å². The molecule has 1 aliphatic rings. The van der Waals surface area contributed by atoms with E-state index < -0.39 is 27.9 Å². The molecule has 1 heterocycles. The van der Waals surface area contributed by atoms with Gasteiger partial charge in [-0.3, -0.25) is 4.79 Å². The van der Waals surface area contributed by atoms with Crippen LogP contribution < -0.4 is 11.1 Å². The van der Waals surface area contributed by atoms with E-state index in [0.29, 0.717) is 19.5 Å². The van der Waals surface area contributed by atoms with Gasteiger partial charge in [0.2, 0.25) is 0 Å². The van der Waals surface area contributed by atoms with E-state index in [1.165, 1.54) is 4.90 Å². The highest BCUT2D eigenvalue weighted by Gasteiger charge is 2.35. The van der Waals surface area contributed by atoms with Crippen molar-refractivity contribution in [2.24, 2.45) is 5.73 Å². The van der Waals surface area contributed by atoms with Crippen molar-refractivity contribution in [1.29, 1.82) is 0 Å². The monoisotopic (exact) mass is 293 g/mol. The van der Waals surface area contributed by atoms with Crippen LogP contribution >= 0.6 is 0 Å². The predicted molar refractivity (Wildman–Crippen MR) is 68.5 cm³/mol. The van der Waals surface area contributed by atoms with Gasteiger partial charge in [0.15, 0.2) is 9.84 Å². The SMILES string of the molecule is NCCCNC(=O)N1CCS(=O)(=O)CC1CC(=O)O. The maximum Gasteiger partial charge on any atom is 0.317 e. The smallest absolute Gasteiger partial charge is 0.317 e. The number of sulfone groups is 1. The first-order valence-electron chi connectivity index (χ1n) is 6.02. The first kappa shape index (κ1) is 15.7. The number of carbonyl (C=O) groups excluding carboxylic acids is 1. The van der Waals surface area contributed by atoms with Crippen molar-refractivity contribution in [2.45, 2.75) is 18.9 Å². The molecule has 19 heavy (non-hydrogen) atoms. The average Bonchev–Trinajstić information content (AvgIpc) is 2.27. The van der Waals surface area contributed by atoms with Gasteiger partial charge in [0.05, 0.1) is 24.0 Å². The summed E-state index contributed by atoms with van der Waals surface area (Å²) in [5, 5.41) is 11.4. The number of hydrogen-bond donors (Lipinski definition) is 3. The zero-order valence-electron chi connectivity index (χ0n) is 10.5. The van der Waals surface area contributed by atoms with E-state index in [1.54, 1.807) is 0 Å². The zero-order chi connectivity index (χ0) is 14.5. The van der Waals surface area contributed by atoms with Crippen molar-refractivity contribution in [3.8, 4) is 0 Å². The number of nitrogens with two attached hydrogens (primary N) is 1. The summed E-state index contributed by atoms with van der Waals surface area (Å²) in [6.07, 6.45) is 0.241. The molecular formula is C10H19N3O5S. The summed E-state index contributed by atoms with van der Waals surface area (Å²) in [6, 6.07) is -1.25. The minimum Gasteiger partial charge on any atom is -0.481 e. The fourth-order valence-corrected chi connectivity index (χ4v) is 3.45. The Balaban J connectivity index is 2.67. The first-order chi connectivity index (χ1) is 8.85. The number of aliphatic carboxylic acids is 1. The van der Waals surface area contributed by atoms with E-state index in [-0.39, 0.29) is 24.5 Å². The fraction of sp³-hybridized carbons (Fsp3) is 0.800. The standard InChI is InChI=1S/C10H19N3O5S/c11-2-1-3-12-10(16)13-4-5-19(17,18)7-8(13)6-9(14)15/h8H,1-7,11H2,(H,12,16)(H,14,15). The van der Waals surface area contributed by atoms with Gasteiger partial charge in [-0.15, -0.1) is 0 Å². The van der Waals surface area contributed by atoms with E-state index in [2.05, 4.69) is 5.32 Å². The molecule has 1 atom stereocenters. The molecule has 110 valence electrons. The van der Waals surface area contributed by atoms with Crippen LogP contribution in [0, 0.1) is 0 Å². The molecule has 0 aromatic carbocycles. The number of carbonyl (C=O) groups is 2. The maximum atomic E-state index is 11.9. The van der Waals surface area contributed by atoms with Crippen LogP contribution in [0.1, 0.15) is 12.8 Å². The van der Waals surface area contributed by atoms with Crippen LogP contribution in [0.15, 0.2) is 0 Å². The quantitative estimate of drug-likeness (QED) is 0.536. The summed E-state index contributed by atoms with van der Waals surface area (Å²) in [4.78, 5) is 23.9. The fourth-order valence-electron chi connectivity index (χ4n) is 1.92. The molecular weight excluding hydrogens is 274 g/mol. The minimum atomic E-state index is -3.27. The highest BCUT2D eigenvalue weighted by Crippen LogP contribution is 2.15. The number of urea groups is 1. The number of carboxylic acids is 1. The minimum absolute atomic E-state index is 0.0226. The van der Waals surface area contributed by atoms with Gasteiger partial charge in [0.1, 0.15) is 0 Å². The largest absolute Gasteiger partial charge is 0.481 e. The summed E-state index contributed by atoms with van der Waals surface area (Å²) in [5.74, 6) is -1.56. The number of rotatable bonds is 5. The lowest BCUT2D eigenvalue weighted by Crippen LogP contribution is -2.55. The lowest BCUT2D eigenvalue weighted by Gasteiger charge is -2.34. The van der Waals surface area contributed by atoms with Crippen molar-refractivity contribution in [3.63, 3.8) is 0 Å². The molecule has 0 bridgehead atoms. The van der Waals surface area contributed by atoms with Gasteiger partial charge in [-0.25, -0.2) is 13.2 Å². The van der Waals surface area contributed by atoms with E-state index in [4.69, 9.17) is 10.8 Å². The van der Waals surface area contributed by atoms with Crippen LogP contribution in [0.25, 0.3) is 0 Å². The molecule has 9 heteroatoms. The molecule has 1 aliphatic heterocycles. The molecule has 4 N–H and O–H groups in total. The molecule has 1 rings (SSSR count). The zero-order valence-corrected chi connectivity index (χ0v) is 11.4. The summed E-state index contributed by atoms with van der Waals surface area (Å²) in [5.41, 5.74) is 5.30. The van der Waals surface area contributed by atoms with Crippen molar-refractivity contribution in [3.05, 3.63) is 0 Å². The molecule has 1 unspecified atom stereocenters. The van der Waals surface area contributed by atoms with Crippen molar-refractivity contribution >= 4 is 21.8 Å². The van der Waals surface area contributed by atoms with Gasteiger partial charge >= 0.3 is 12.0 Å². The lowest BCUT2D eigenvalue weighted by molar-refractivity contribution is -0.138. The highest BCUT2D eigenvalue weighted by molar-refractivity contribution is 7.91. The van der Waals surface area contributed by atoms with Crippen LogP contribution in [0.2, 0.25) is 0 Å². The van der Waals surface area contributed by atoms with Gasteiger partial charge in [0.25, 0.3) is 0 Å². The number of carboxylic acid groups (broad SMARTS) is 1. The van der Waals surface area contributed by atoms with Crippen molar-refractivity contribution in [1.82, 2.24) is 10.2 Å². The summed E-state index contributed by atoms with van der Waals surface area (Å²) >= 11 is 0. The van der Waals surface area contributed by atoms with Crippen LogP contribution in [-0.2, 0) is 14.6 Å². The van der Waals surface area contributed by atoms with Gasteiger partial charge in [-0.1, -0.05) is 0 Å². The Morgan fingerprint density at radius 3 is 2.68 bits per heavy atom. The second kappa shape index (κ2) is 6.71. The van der Waals surface area contributed by atoms with Crippen molar-refractivity contribution < 1.29 is 23.1 Å². The second-order valence-corrected chi connectivity index (χ2v) is 6.66. The summed E-state index contributed by atoms with van der Waals surface area (Å²) in [7, 11) is -3.27. The highest BCUT2D eigenvalue weighted by atomic mass is 32.2. The summed E-state index contributed by atoms with van der Waals surface area (Å²) < 4.78 is 23.0. The normalized spacial score (nSPS) is 21.9. The summed E-state index contributed by atoms with van der Waals surface area (Å²) in [6.45, 7) is 0.848. The Kier molecular flexibility index (Phi) is 5.55. The van der Waals surface area contributed by atoms with E-state index in [0.717, 1.165) is 0 Å². The molecule has 2 amide bonds. The third-order valence-electron chi connectivity index (χ3n) is 2.86. The van der Waals surface area contributed by atoms with Crippen molar-refractivity contribution in [2.75, 3.05) is 31.1 Å². The number of amides is 2. The third kappa shape index (κ3) is 5.03. The van der Waals surface area contributed by atoms with Crippen LogP contribution in [0.4, 0.5) is 4.79 Å². The number of nitrogens with one attached hydrogen (secondary N) is 1. The lowest BCUT2D eigenvalue weighted by atomic mass is 10.2. The van der Waals surface area contributed by atoms with Crippen LogP contribution in [0.5, 0.6) is 0 Å². The molecule has 0 aromatic heterocycles. The average molecular weight is 293 g/mol. The van der Waals surface area contributed by atoms with Gasteiger partial charge in [-0.2, -0.15) is 0 Å². The van der Waals surface area contributed by atoms with Crippen LogP contribution in [-0.4, -0.2) is 67.6 Å². The molecule has 0 spiro atoms. The maximum absolute atomic E-state index is 11.9. The Morgan fingerprint density at radius 2 is 2.11 bits per heavy atom. The predicted octanol–water partition coefficient (Wildman–Crippen LogP) is -1.38. The Labute approximate surface area is 111 Å². The Morgan fingerprint density at radius 1 is 1.42 bits per heavy atom. The van der Waals surface area contributed by atoms with Gasteiger partial charge in [0, 0.05) is 13.1 Å². The molecule has 0 saturated carbocycles. The molecule has 1 fully saturated rings. The number of nitrogens with zero attached hydrogens (tertiary/aromatic N) is 1. The second-order valence-electron chi connectivity index (χ2n) is 4.43. The Hall–Kier alpha value is -1.35. The molecule has 1 saturated heterocycles. The van der Waals surface area contributed by atoms with E-state index >= 15 is 0 Å². The molecule has 0 aromatic rings.